The van der Waals surface area contributed by atoms with Gasteiger partial charge in [0.1, 0.15) is 0 Å². The molecule has 0 aliphatic carbocycles. The first-order valence-corrected chi connectivity index (χ1v) is 7.57. The van der Waals surface area contributed by atoms with Crippen molar-refractivity contribution >= 4 is 0 Å². The van der Waals surface area contributed by atoms with E-state index in [1.165, 1.54) is 12.8 Å². The quantitative estimate of drug-likeness (QED) is 0.760. The minimum atomic E-state index is -0.306. The van der Waals surface area contributed by atoms with Gasteiger partial charge in [-0.1, -0.05) is 13.8 Å². The lowest BCUT2D eigenvalue weighted by atomic mass is 9.99. The molecule has 1 aliphatic heterocycles. The molecule has 0 radical (unpaired) electrons. The summed E-state index contributed by atoms with van der Waals surface area (Å²) < 4.78 is 0. The monoisotopic (exact) mass is 267 g/mol. The summed E-state index contributed by atoms with van der Waals surface area (Å²) in [4.78, 5) is 4.54. The fraction of sp³-hybridized carbons (Fsp3) is 0.933. The number of aliphatic hydroxyl groups is 1. The van der Waals surface area contributed by atoms with Gasteiger partial charge in [-0.05, 0) is 45.3 Å². The van der Waals surface area contributed by atoms with E-state index >= 15 is 0 Å². The molecule has 0 spiro atoms. The molecular formula is C15H29N3O. The van der Waals surface area contributed by atoms with Crippen molar-refractivity contribution in [2.75, 3.05) is 39.3 Å². The highest BCUT2D eigenvalue weighted by atomic mass is 16.3. The summed E-state index contributed by atoms with van der Waals surface area (Å²) in [6.45, 7) is 11.6. The minimum absolute atomic E-state index is 0.0305. The summed E-state index contributed by atoms with van der Waals surface area (Å²) in [7, 11) is 0. The number of hydrogen-bond acceptors (Lipinski definition) is 4. The number of rotatable bonds is 7. The molecule has 4 nitrogen and oxygen atoms in total. The van der Waals surface area contributed by atoms with Gasteiger partial charge in [-0.15, -0.1) is 0 Å². The van der Waals surface area contributed by atoms with E-state index in [4.69, 9.17) is 5.26 Å². The van der Waals surface area contributed by atoms with Crippen molar-refractivity contribution in [1.82, 2.24) is 9.80 Å². The molecule has 0 bridgehead atoms. The van der Waals surface area contributed by atoms with Crippen molar-refractivity contribution in [2.24, 2.45) is 11.8 Å². The molecule has 1 rings (SSSR count). The van der Waals surface area contributed by atoms with Crippen LogP contribution in [0, 0.1) is 23.2 Å². The average Bonchev–Trinajstić information content (AvgIpc) is 2.40. The van der Waals surface area contributed by atoms with Crippen LogP contribution in [0.25, 0.3) is 0 Å². The van der Waals surface area contributed by atoms with Gasteiger partial charge in [-0.3, -0.25) is 4.90 Å². The standard InChI is InChI=1S/C15H29N3O/c1-4-17(10-14(3)9-16)11-15(19)12-18-7-5-13(2)6-8-18/h13-15,19H,4-8,10-12H2,1-3H3. The molecule has 1 saturated heterocycles. The van der Waals surface area contributed by atoms with Crippen LogP contribution in [0.1, 0.15) is 33.6 Å². The molecule has 0 aromatic carbocycles. The number of nitrogens with zero attached hydrogens (tertiary/aromatic N) is 3. The third kappa shape index (κ3) is 6.38. The Kier molecular flexibility index (Phi) is 7.37. The maximum atomic E-state index is 10.2. The van der Waals surface area contributed by atoms with Crippen molar-refractivity contribution in [3.05, 3.63) is 0 Å². The van der Waals surface area contributed by atoms with E-state index in [0.29, 0.717) is 6.54 Å². The van der Waals surface area contributed by atoms with Crippen LogP contribution in [0.2, 0.25) is 0 Å². The second-order valence-corrected chi connectivity index (χ2v) is 6.02. The second kappa shape index (κ2) is 8.52. The average molecular weight is 267 g/mol. The van der Waals surface area contributed by atoms with E-state index in [1.807, 2.05) is 6.92 Å². The number of likely N-dealkylation sites (N-methyl/N-ethyl adjacent to an activating group) is 1. The Hall–Kier alpha value is -0.630. The zero-order chi connectivity index (χ0) is 14.3. The predicted octanol–water partition coefficient (Wildman–Crippen LogP) is 1.56. The number of likely N-dealkylation sites (tertiary alicyclic amines) is 1. The highest BCUT2D eigenvalue weighted by Crippen LogP contribution is 2.16. The van der Waals surface area contributed by atoms with Crippen LogP contribution in [-0.2, 0) is 0 Å². The number of hydrogen-bond donors (Lipinski definition) is 1. The summed E-state index contributed by atoms with van der Waals surface area (Å²) in [5, 5.41) is 19.0. The lowest BCUT2D eigenvalue weighted by molar-refractivity contribution is 0.0607. The van der Waals surface area contributed by atoms with Gasteiger partial charge in [-0.25, -0.2) is 0 Å². The van der Waals surface area contributed by atoms with Gasteiger partial charge >= 0.3 is 0 Å². The molecule has 1 heterocycles. The maximum absolute atomic E-state index is 10.2. The normalized spacial score (nSPS) is 21.3. The van der Waals surface area contributed by atoms with Crippen LogP contribution in [0.3, 0.4) is 0 Å². The van der Waals surface area contributed by atoms with Gasteiger partial charge in [0.05, 0.1) is 18.1 Å². The van der Waals surface area contributed by atoms with E-state index in [1.54, 1.807) is 0 Å². The Balaban J connectivity index is 2.28. The number of aliphatic hydroxyl groups excluding tert-OH is 1. The Bertz CT molecular complexity index is 282. The van der Waals surface area contributed by atoms with Crippen molar-refractivity contribution in [3.63, 3.8) is 0 Å². The van der Waals surface area contributed by atoms with Crippen molar-refractivity contribution in [2.45, 2.75) is 39.7 Å². The molecule has 1 aliphatic rings. The lowest BCUT2D eigenvalue weighted by Crippen LogP contribution is -2.43. The highest BCUT2D eigenvalue weighted by molar-refractivity contribution is 4.82. The predicted molar refractivity (Wildman–Crippen MR) is 77.7 cm³/mol. The third-order valence-electron chi connectivity index (χ3n) is 4.01. The Labute approximate surface area is 118 Å². The topological polar surface area (TPSA) is 50.5 Å². The van der Waals surface area contributed by atoms with E-state index in [-0.39, 0.29) is 12.0 Å². The summed E-state index contributed by atoms with van der Waals surface area (Å²) >= 11 is 0. The largest absolute Gasteiger partial charge is 0.390 e. The molecule has 1 fully saturated rings. The Morgan fingerprint density at radius 2 is 2.00 bits per heavy atom. The van der Waals surface area contributed by atoms with Gasteiger partial charge < -0.3 is 10.0 Å². The zero-order valence-electron chi connectivity index (χ0n) is 12.7. The van der Waals surface area contributed by atoms with Crippen molar-refractivity contribution in [1.29, 1.82) is 5.26 Å². The number of piperidine rings is 1. The second-order valence-electron chi connectivity index (χ2n) is 6.02. The molecule has 2 atom stereocenters. The van der Waals surface area contributed by atoms with Gasteiger partial charge in [0.15, 0.2) is 0 Å². The highest BCUT2D eigenvalue weighted by Gasteiger charge is 2.20. The maximum Gasteiger partial charge on any atom is 0.0793 e. The fourth-order valence-electron chi connectivity index (χ4n) is 2.66. The van der Waals surface area contributed by atoms with Crippen LogP contribution >= 0.6 is 0 Å². The molecule has 0 saturated carbocycles. The van der Waals surface area contributed by atoms with Gasteiger partial charge in [0.25, 0.3) is 0 Å². The van der Waals surface area contributed by atoms with E-state index in [2.05, 4.69) is 29.7 Å². The lowest BCUT2D eigenvalue weighted by Gasteiger charge is -2.33. The van der Waals surface area contributed by atoms with E-state index < -0.39 is 0 Å². The van der Waals surface area contributed by atoms with Crippen LogP contribution in [0.15, 0.2) is 0 Å². The summed E-state index contributed by atoms with van der Waals surface area (Å²) in [5.41, 5.74) is 0. The first-order valence-electron chi connectivity index (χ1n) is 7.57. The SMILES string of the molecule is CCN(CC(C)C#N)CC(O)CN1CCC(C)CC1. The Morgan fingerprint density at radius 3 is 2.53 bits per heavy atom. The summed E-state index contributed by atoms with van der Waals surface area (Å²) in [5.74, 6) is 0.861. The van der Waals surface area contributed by atoms with Crippen molar-refractivity contribution < 1.29 is 5.11 Å². The first kappa shape index (κ1) is 16.4. The van der Waals surface area contributed by atoms with Crippen LogP contribution in [0.5, 0.6) is 0 Å². The molecule has 0 aromatic rings. The molecule has 0 amide bonds. The van der Waals surface area contributed by atoms with Crippen LogP contribution in [-0.4, -0.2) is 60.3 Å². The summed E-state index contributed by atoms with van der Waals surface area (Å²) in [6.07, 6.45) is 2.19. The Morgan fingerprint density at radius 1 is 1.37 bits per heavy atom. The molecular weight excluding hydrogens is 238 g/mol. The van der Waals surface area contributed by atoms with Crippen LogP contribution in [0.4, 0.5) is 0 Å². The third-order valence-corrected chi connectivity index (χ3v) is 4.01. The number of nitriles is 1. The van der Waals surface area contributed by atoms with E-state index in [0.717, 1.165) is 38.6 Å². The molecule has 1 N–H and O–H groups in total. The molecule has 4 heteroatoms. The molecule has 0 aromatic heterocycles. The van der Waals surface area contributed by atoms with Gasteiger partial charge in [0, 0.05) is 19.6 Å². The number of β-amino-alcohol motifs (C(OH)–C–C–N with tert-alkyl or cyclic N) is 1. The van der Waals surface area contributed by atoms with E-state index in [9.17, 15) is 5.11 Å². The smallest absolute Gasteiger partial charge is 0.0793 e. The molecule has 19 heavy (non-hydrogen) atoms. The van der Waals surface area contributed by atoms with Crippen molar-refractivity contribution in [3.8, 4) is 6.07 Å². The molecule has 110 valence electrons. The minimum Gasteiger partial charge on any atom is -0.390 e. The van der Waals surface area contributed by atoms with Gasteiger partial charge in [0.2, 0.25) is 0 Å². The van der Waals surface area contributed by atoms with Crippen LogP contribution < -0.4 is 0 Å². The first-order chi connectivity index (χ1) is 9.05. The van der Waals surface area contributed by atoms with Gasteiger partial charge in [-0.2, -0.15) is 5.26 Å². The molecule has 2 unspecified atom stereocenters. The summed E-state index contributed by atoms with van der Waals surface area (Å²) in [6, 6.07) is 2.26. The fourth-order valence-corrected chi connectivity index (χ4v) is 2.66. The zero-order valence-corrected chi connectivity index (χ0v) is 12.7.